The Morgan fingerprint density at radius 2 is 2.40 bits per heavy atom. The highest BCUT2D eigenvalue weighted by atomic mass is 16.6. The standard InChI is InChI=1S/C6H10N2O2/c7-5-3-1-2-4-6(5)8(9)10/h1,3,5-6H,2,4,7H2. The Morgan fingerprint density at radius 3 is 2.80 bits per heavy atom. The zero-order chi connectivity index (χ0) is 7.56. The maximum Gasteiger partial charge on any atom is 0.231 e. The lowest BCUT2D eigenvalue weighted by molar-refractivity contribution is -0.525. The molecular formula is C6H10N2O2. The minimum absolute atomic E-state index is 0.297. The predicted molar refractivity (Wildman–Crippen MR) is 37.1 cm³/mol. The van der Waals surface area contributed by atoms with Crippen LogP contribution in [0.5, 0.6) is 0 Å². The molecule has 0 aromatic carbocycles. The highest BCUT2D eigenvalue weighted by Crippen LogP contribution is 2.12. The first-order chi connectivity index (χ1) is 4.72. The molecule has 10 heavy (non-hydrogen) atoms. The highest BCUT2D eigenvalue weighted by molar-refractivity contribution is 5.00. The normalized spacial score (nSPS) is 32.1. The average Bonchev–Trinajstić information content (AvgIpc) is 1.88. The minimum Gasteiger partial charge on any atom is -0.319 e. The van der Waals surface area contributed by atoms with Crippen LogP contribution in [0.4, 0.5) is 0 Å². The van der Waals surface area contributed by atoms with E-state index in [0.717, 1.165) is 6.42 Å². The van der Waals surface area contributed by atoms with Gasteiger partial charge in [0.2, 0.25) is 6.04 Å². The molecule has 56 valence electrons. The van der Waals surface area contributed by atoms with Gasteiger partial charge in [0.05, 0.1) is 6.04 Å². The van der Waals surface area contributed by atoms with Gasteiger partial charge in [0, 0.05) is 11.3 Å². The van der Waals surface area contributed by atoms with E-state index in [9.17, 15) is 10.1 Å². The van der Waals surface area contributed by atoms with Gasteiger partial charge in [-0.05, 0) is 6.42 Å². The summed E-state index contributed by atoms with van der Waals surface area (Å²) < 4.78 is 0. The van der Waals surface area contributed by atoms with Crippen LogP contribution in [0.2, 0.25) is 0 Å². The Hall–Kier alpha value is -0.900. The largest absolute Gasteiger partial charge is 0.319 e. The molecule has 0 bridgehead atoms. The number of hydrogen-bond donors (Lipinski definition) is 1. The molecule has 1 aliphatic rings. The van der Waals surface area contributed by atoms with Crippen LogP contribution < -0.4 is 5.73 Å². The Kier molecular flexibility index (Phi) is 2.01. The van der Waals surface area contributed by atoms with Crippen molar-refractivity contribution in [3.05, 3.63) is 22.3 Å². The van der Waals surface area contributed by atoms with Gasteiger partial charge in [-0.1, -0.05) is 12.2 Å². The monoisotopic (exact) mass is 142 g/mol. The van der Waals surface area contributed by atoms with E-state index in [2.05, 4.69) is 0 Å². The van der Waals surface area contributed by atoms with Crippen molar-refractivity contribution in [2.45, 2.75) is 24.9 Å². The minimum atomic E-state index is -0.565. The van der Waals surface area contributed by atoms with Crippen molar-refractivity contribution in [2.75, 3.05) is 0 Å². The summed E-state index contributed by atoms with van der Waals surface area (Å²) in [6.07, 6.45) is 4.95. The first kappa shape index (κ1) is 7.21. The first-order valence-corrected chi connectivity index (χ1v) is 3.27. The molecule has 0 radical (unpaired) electrons. The smallest absolute Gasteiger partial charge is 0.231 e. The lowest BCUT2D eigenvalue weighted by Gasteiger charge is -2.16. The van der Waals surface area contributed by atoms with Crippen LogP contribution in [0.25, 0.3) is 0 Å². The second-order valence-electron chi connectivity index (χ2n) is 2.44. The van der Waals surface area contributed by atoms with Crippen molar-refractivity contribution >= 4 is 0 Å². The van der Waals surface area contributed by atoms with E-state index < -0.39 is 6.04 Å². The molecule has 4 nitrogen and oxygen atoms in total. The van der Waals surface area contributed by atoms with E-state index in [-0.39, 0.29) is 11.0 Å². The second-order valence-corrected chi connectivity index (χ2v) is 2.44. The molecule has 2 N–H and O–H groups in total. The Bertz CT molecular complexity index is 167. The fourth-order valence-corrected chi connectivity index (χ4v) is 1.09. The van der Waals surface area contributed by atoms with Gasteiger partial charge in [0.25, 0.3) is 0 Å². The molecule has 0 saturated carbocycles. The predicted octanol–water partition coefficient (Wildman–Crippen LogP) is 0.309. The number of nitrogens with zero attached hydrogens (tertiary/aromatic N) is 1. The Morgan fingerprint density at radius 1 is 1.70 bits per heavy atom. The fourth-order valence-electron chi connectivity index (χ4n) is 1.09. The molecule has 2 atom stereocenters. The maximum atomic E-state index is 10.3. The van der Waals surface area contributed by atoms with Crippen LogP contribution in [0.3, 0.4) is 0 Å². The number of nitrogens with two attached hydrogens (primary N) is 1. The van der Waals surface area contributed by atoms with Gasteiger partial charge in [-0.3, -0.25) is 10.1 Å². The second kappa shape index (κ2) is 2.79. The lowest BCUT2D eigenvalue weighted by atomic mass is 9.98. The number of hydrogen-bond acceptors (Lipinski definition) is 3. The number of allylic oxidation sites excluding steroid dienone is 1. The molecule has 0 aliphatic heterocycles. The van der Waals surface area contributed by atoms with Gasteiger partial charge in [-0.2, -0.15) is 0 Å². The summed E-state index contributed by atoms with van der Waals surface area (Å²) >= 11 is 0. The van der Waals surface area contributed by atoms with Crippen LogP contribution in [-0.4, -0.2) is 17.0 Å². The Balaban J connectivity index is 2.60. The SMILES string of the molecule is NC1C=CCCC1[N+](=O)[O-]. The third kappa shape index (κ3) is 1.33. The third-order valence-corrected chi connectivity index (χ3v) is 1.70. The zero-order valence-electron chi connectivity index (χ0n) is 5.56. The van der Waals surface area contributed by atoms with E-state index in [1.165, 1.54) is 0 Å². The topological polar surface area (TPSA) is 69.2 Å². The molecule has 0 aromatic rings. The van der Waals surface area contributed by atoms with Crippen molar-refractivity contribution in [1.82, 2.24) is 0 Å². The quantitative estimate of drug-likeness (QED) is 0.325. The molecule has 0 aromatic heterocycles. The molecular weight excluding hydrogens is 132 g/mol. The molecule has 1 rings (SSSR count). The number of nitro groups is 1. The summed E-state index contributed by atoms with van der Waals surface area (Å²) in [7, 11) is 0. The molecule has 0 saturated heterocycles. The van der Waals surface area contributed by atoms with Crippen LogP contribution in [0.1, 0.15) is 12.8 Å². The summed E-state index contributed by atoms with van der Waals surface area (Å²) in [6.45, 7) is 0. The van der Waals surface area contributed by atoms with Crippen molar-refractivity contribution < 1.29 is 4.92 Å². The van der Waals surface area contributed by atoms with Crippen LogP contribution in [0, 0.1) is 10.1 Å². The average molecular weight is 142 g/mol. The van der Waals surface area contributed by atoms with E-state index in [4.69, 9.17) is 5.73 Å². The zero-order valence-corrected chi connectivity index (χ0v) is 5.56. The van der Waals surface area contributed by atoms with Crippen molar-refractivity contribution in [3.8, 4) is 0 Å². The summed E-state index contributed by atoms with van der Waals surface area (Å²) in [5, 5.41) is 10.3. The van der Waals surface area contributed by atoms with Gasteiger partial charge in [-0.25, -0.2) is 0 Å². The molecule has 1 aliphatic carbocycles. The summed E-state index contributed by atoms with van der Waals surface area (Å²) in [5.41, 5.74) is 5.45. The maximum absolute atomic E-state index is 10.3. The van der Waals surface area contributed by atoms with Crippen LogP contribution >= 0.6 is 0 Å². The van der Waals surface area contributed by atoms with Gasteiger partial charge in [-0.15, -0.1) is 0 Å². The Labute approximate surface area is 58.9 Å². The third-order valence-electron chi connectivity index (χ3n) is 1.70. The van der Waals surface area contributed by atoms with Crippen LogP contribution in [-0.2, 0) is 0 Å². The summed E-state index contributed by atoms with van der Waals surface area (Å²) in [5.74, 6) is 0. The van der Waals surface area contributed by atoms with E-state index in [1.807, 2.05) is 6.08 Å². The van der Waals surface area contributed by atoms with Crippen molar-refractivity contribution in [3.63, 3.8) is 0 Å². The van der Waals surface area contributed by atoms with E-state index >= 15 is 0 Å². The summed E-state index contributed by atoms with van der Waals surface area (Å²) in [4.78, 5) is 9.96. The summed E-state index contributed by atoms with van der Waals surface area (Å²) in [6, 6.07) is -0.950. The molecule has 0 spiro atoms. The van der Waals surface area contributed by atoms with Crippen LogP contribution in [0.15, 0.2) is 12.2 Å². The van der Waals surface area contributed by atoms with Gasteiger partial charge < -0.3 is 5.73 Å². The molecule has 0 fully saturated rings. The molecule has 2 unspecified atom stereocenters. The molecule has 4 heteroatoms. The highest BCUT2D eigenvalue weighted by Gasteiger charge is 2.27. The van der Waals surface area contributed by atoms with E-state index in [1.54, 1.807) is 6.08 Å². The van der Waals surface area contributed by atoms with Crippen molar-refractivity contribution in [1.29, 1.82) is 0 Å². The van der Waals surface area contributed by atoms with Gasteiger partial charge >= 0.3 is 0 Å². The van der Waals surface area contributed by atoms with E-state index in [0.29, 0.717) is 6.42 Å². The first-order valence-electron chi connectivity index (χ1n) is 3.27. The number of rotatable bonds is 1. The van der Waals surface area contributed by atoms with Gasteiger partial charge in [0.1, 0.15) is 0 Å². The van der Waals surface area contributed by atoms with Gasteiger partial charge in [0.15, 0.2) is 0 Å². The molecule has 0 amide bonds. The fraction of sp³-hybridized carbons (Fsp3) is 0.667. The molecule has 0 heterocycles. The van der Waals surface area contributed by atoms with Crippen molar-refractivity contribution in [2.24, 2.45) is 5.73 Å². The lowest BCUT2D eigenvalue weighted by Crippen LogP contribution is -2.40.